The third kappa shape index (κ3) is 3.02. The maximum atomic E-state index is 4.66. The quantitative estimate of drug-likeness (QED) is 0.854. The number of anilines is 1. The van der Waals surface area contributed by atoms with Gasteiger partial charge in [-0.1, -0.05) is 19.8 Å². The monoisotopic (exact) mass is 309 g/mol. The number of nitrogens with zero attached hydrogens (tertiary/aromatic N) is 2. The molecule has 0 aliphatic heterocycles. The molecule has 3 nitrogen and oxygen atoms in total. The second-order valence-corrected chi connectivity index (χ2v) is 6.63. The van der Waals surface area contributed by atoms with Gasteiger partial charge in [0.15, 0.2) is 0 Å². The molecule has 0 aromatic carbocycles. The molecular weight excluding hydrogens is 290 g/mol. The van der Waals surface area contributed by atoms with Gasteiger partial charge in [-0.3, -0.25) is 0 Å². The number of aromatic nitrogens is 2. The molecule has 2 aliphatic rings. The van der Waals surface area contributed by atoms with Gasteiger partial charge in [0.1, 0.15) is 16.2 Å². The van der Waals surface area contributed by atoms with Gasteiger partial charge < -0.3 is 5.32 Å². The fourth-order valence-corrected chi connectivity index (χ4v) is 3.21. The van der Waals surface area contributed by atoms with Gasteiger partial charge in [0.25, 0.3) is 0 Å². The minimum absolute atomic E-state index is 0.586. The van der Waals surface area contributed by atoms with Crippen molar-refractivity contribution < 1.29 is 0 Å². The molecule has 98 valence electrons. The summed E-state index contributed by atoms with van der Waals surface area (Å²) in [4.78, 5) is 9.13. The summed E-state index contributed by atoms with van der Waals surface area (Å²) in [5.41, 5.74) is 0. The first-order valence-corrected chi connectivity index (χ1v) is 7.81. The van der Waals surface area contributed by atoms with E-state index in [2.05, 4.69) is 38.1 Å². The lowest BCUT2D eigenvalue weighted by Gasteiger charge is -2.28. The third-order valence-corrected chi connectivity index (χ3v) is 4.35. The zero-order chi connectivity index (χ0) is 12.5. The van der Waals surface area contributed by atoms with Crippen LogP contribution in [0.15, 0.2) is 10.7 Å². The highest BCUT2D eigenvalue weighted by Crippen LogP contribution is 2.39. The van der Waals surface area contributed by atoms with E-state index in [4.69, 9.17) is 0 Å². The molecule has 18 heavy (non-hydrogen) atoms. The Morgan fingerprint density at radius 2 is 2.06 bits per heavy atom. The highest BCUT2D eigenvalue weighted by molar-refractivity contribution is 9.10. The van der Waals surface area contributed by atoms with E-state index in [9.17, 15) is 0 Å². The van der Waals surface area contributed by atoms with E-state index in [-0.39, 0.29) is 0 Å². The maximum absolute atomic E-state index is 4.66. The van der Waals surface area contributed by atoms with Crippen LogP contribution < -0.4 is 5.32 Å². The van der Waals surface area contributed by atoms with Gasteiger partial charge in [-0.2, -0.15) is 0 Å². The molecule has 0 saturated heterocycles. The van der Waals surface area contributed by atoms with Crippen molar-refractivity contribution in [2.24, 2.45) is 5.92 Å². The van der Waals surface area contributed by atoms with E-state index < -0.39 is 0 Å². The molecule has 1 aromatic rings. The van der Waals surface area contributed by atoms with Crippen LogP contribution in [0.2, 0.25) is 0 Å². The van der Waals surface area contributed by atoms with Crippen molar-refractivity contribution in [3.63, 3.8) is 0 Å². The molecule has 2 atom stereocenters. The summed E-state index contributed by atoms with van der Waals surface area (Å²) in [5.74, 6) is 3.45. The molecule has 0 bridgehead atoms. The van der Waals surface area contributed by atoms with Crippen LogP contribution in [0.5, 0.6) is 0 Å². The number of rotatable bonds is 3. The Kier molecular flexibility index (Phi) is 3.55. The Morgan fingerprint density at radius 1 is 1.22 bits per heavy atom. The largest absolute Gasteiger partial charge is 0.367 e. The zero-order valence-corrected chi connectivity index (χ0v) is 12.4. The van der Waals surface area contributed by atoms with Crippen LogP contribution in [0.25, 0.3) is 0 Å². The predicted octanol–water partition coefficient (Wildman–Crippen LogP) is 4.11. The first kappa shape index (κ1) is 12.4. The molecule has 2 unspecified atom stereocenters. The van der Waals surface area contributed by atoms with Crippen LogP contribution in [-0.4, -0.2) is 16.0 Å². The lowest BCUT2D eigenvalue weighted by molar-refractivity contribution is 0.358. The van der Waals surface area contributed by atoms with E-state index in [1.54, 1.807) is 0 Å². The molecule has 2 saturated carbocycles. The SMILES string of the molecule is CC1CCCC(Nc2cc(Br)nc(C3CC3)n2)C1. The van der Waals surface area contributed by atoms with Crippen molar-refractivity contribution in [2.45, 2.75) is 57.4 Å². The second kappa shape index (κ2) is 5.16. The van der Waals surface area contributed by atoms with Gasteiger partial charge in [-0.05, 0) is 47.5 Å². The van der Waals surface area contributed by atoms with Gasteiger partial charge in [-0.15, -0.1) is 0 Å². The molecule has 2 fully saturated rings. The van der Waals surface area contributed by atoms with Crippen molar-refractivity contribution in [1.82, 2.24) is 9.97 Å². The Bertz CT molecular complexity index is 431. The molecule has 2 aliphatic carbocycles. The average Bonchev–Trinajstić information content (AvgIpc) is 3.11. The highest BCUT2D eigenvalue weighted by atomic mass is 79.9. The summed E-state index contributed by atoms with van der Waals surface area (Å²) in [6.07, 6.45) is 7.73. The minimum atomic E-state index is 0.586. The van der Waals surface area contributed by atoms with Crippen LogP contribution in [0.3, 0.4) is 0 Å². The summed E-state index contributed by atoms with van der Waals surface area (Å²) in [5, 5.41) is 3.59. The molecule has 0 amide bonds. The fourth-order valence-electron chi connectivity index (χ4n) is 2.81. The van der Waals surface area contributed by atoms with E-state index in [1.807, 2.05) is 6.07 Å². The molecule has 3 rings (SSSR count). The summed E-state index contributed by atoms with van der Waals surface area (Å²) in [6, 6.07) is 2.59. The lowest BCUT2D eigenvalue weighted by atomic mass is 9.87. The zero-order valence-electron chi connectivity index (χ0n) is 10.8. The fraction of sp³-hybridized carbons (Fsp3) is 0.714. The molecule has 1 N–H and O–H groups in total. The normalized spacial score (nSPS) is 28.1. The smallest absolute Gasteiger partial charge is 0.135 e. The number of hydrogen-bond acceptors (Lipinski definition) is 3. The lowest BCUT2D eigenvalue weighted by Crippen LogP contribution is -2.26. The standard InChI is InChI=1S/C14H20BrN3/c1-9-3-2-4-11(7-9)16-13-8-12(15)17-14(18-13)10-5-6-10/h8-11H,2-7H2,1H3,(H,16,17,18). The molecular formula is C14H20BrN3. The predicted molar refractivity (Wildman–Crippen MR) is 76.7 cm³/mol. The van der Waals surface area contributed by atoms with Gasteiger partial charge >= 0.3 is 0 Å². The first-order valence-electron chi connectivity index (χ1n) is 7.01. The summed E-state index contributed by atoms with van der Waals surface area (Å²) in [6.45, 7) is 2.35. The van der Waals surface area contributed by atoms with Crippen molar-refractivity contribution in [3.05, 3.63) is 16.5 Å². The van der Waals surface area contributed by atoms with Crippen LogP contribution in [0, 0.1) is 5.92 Å². The van der Waals surface area contributed by atoms with Crippen LogP contribution >= 0.6 is 15.9 Å². The van der Waals surface area contributed by atoms with E-state index >= 15 is 0 Å². The minimum Gasteiger partial charge on any atom is -0.367 e. The summed E-state index contributed by atoms with van der Waals surface area (Å²) >= 11 is 3.49. The summed E-state index contributed by atoms with van der Waals surface area (Å²) in [7, 11) is 0. The molecule has 1 heterocycles. The molecule has 0 spiro atoms. The number of hydrogen-bond donors (Lipinski definition) is 1. The number of halogens is 1. The topological polar surface area (TPSA) is 37.8 Å². The highest BCUT2D eigenvalue weighted by Gasteiger charge is 2.27. The van der Waals surface area contributed by atoms with E-state index in [0.717, 1.165) is 22.2 Å². The van der Waals surface area contributed by atoms with E-state index in [0.29, 0.717) is 12.0 Å². The molecule has 4 heteroatoms. The van der Waals surface area contributed by atoms with Crippen molar-refractivity contribution in [2.75, 3.05) is 5.32 Å². The van der Waals surface area contributed by atoms with E-state index in [1.165, 1.54) is 38.5 Å². The van der Waals surface area contributed by atoms with Gasteiger partial charge in [0, 0.05) is 18.0 Å². The third-order valence-electron chi connectivity index (χ3n) is 3.94. The van der Waals surface area contributed by atoms with Crippen LogP contribution in [-0.2, 0) is 0 Å². The Balaban J connectivity index is 1.71. The molecule has 1 aromatic heterocycles. The maximum Gasteiger partial charge on any atom is 0.135 e. The van der Waals surface area contributed by atoms with Crippen molar-refractivity contribution >= 4 is 21.7 Å². The Labute approximate surface area is 117 Å². The first-order chi connectivity index (χ1) is 8.70. The van der Waals surface area contributed by atoms with Gasteiger partial charge in [0.05, 0.1) is 0 Å². The summed E-state index contributed by atoms with van der Waals surface area (Å²) < 4.78 is 0.908. The van der Waals surface area contributed by atoms with Crippen molar-refractivity contribution in [1.29, 1.82) is 0 Å². The second-order valence-electron chi connectivity index (χ2n) is 5.82. The average molecular weight is 310 g/mol. The van der Waals surface area contributed by atoms with Gasteiger partial charge in [0.2, 0.25) is 0 Å². The Morgan fingerprint density at radius 3 is 2.78 bits per heavy atom. The van der Waals surface area contributed by atoms with Crippen molar-refractivity contribution in [3.8, 4) is 0 Å². The Hall–Kier alpha value is -0.640. The van der Waals surface area contributed by atoms with Gasteiger partial charge in [-0.25, -0.2) is 9.97 Å². The van der Waals surface area contributed by atoms with Crippen LogP contribution in [0.4, 0.5) is 5.82 Å². The number of nitrogens with one attached hydrogen (secondary N) is 1. The van der Waals surface area contributed by atoms with Crippen LogP contribution in [0.1, 0.15) is 57.2 Å². The molecule has 0 radical (unpaired) electrons.